The molecule has 13 heavy (non-hydrogen) atoms. The lowest BCUT2D eigenvalue weighted by atomic mass is 10.1. The van der Waals surface area contributed by atoms with Gasteiger partial charge in [-0.25, -0.2) is 4.98 Å². The maximum atomic E-state index is 4.20. The number of hydrogen-bond donors (Lipinski definition) is 1. The molecule has 3 heteroatoms. The van der Waals surface area contributed by atoms with Gasteiger partial charge in [0, 0.05) is 25.0 Å². The van der Waals surface area contributed by atoms with Crippen LogP contribution in [0.25, 0.3) is 0 Å². The van der Waals surface area contributed by atoms with Crippen LogP contribution in [0, 0.1) is 6.92 Å². The molecular formula is C10H19N3. The van der Waals surface area contributed by atoms with Crippen LogP contribution in [0.1, 0.15) is 25.6 Å². The minimum atomic E-state index is 0.567. The van der Waals surface area contributed by atoms with Gasteiger partial charge in [-0.2, -0.15) is 0 Å². The van der Waals surface area contributed by atoms with Crippen LogP contribution in [-0.4, -0.2) is 22.6 Å². The third-order valence-corrected chi connectivity index (χ3v) is 2.39. The second-order valence-electron chi connectivity index (χ2n) is 3.40. The van der Waals surface area contributed by atoms with E-state index >= 15 is 0 Å². The van der Waals surface area contributed by atoms with E-state index in [1.807, 2.05) is 26.4 Å². The van der Waals surface area contributed by atoms with E-state index in [-0.39, 0.29) is 0 Å². The standard InChI is InChI=1S/C10H19N3/c1-4-5-10(11-3)8-13-7-6-12-9(13)2/h6-7,10-11H,4-5,8H2,1-3H3. The van der Waals surface area contributed by atoms with Crippen LogP contribution in [-0.2, 0) is 6.54 Å². The van der Waals surface area contributed by atoms with Crippen LogP contribution in [0.5, 0.6) is 0 Å². The van der Waals surface area contributed by atoms with Gasteiger partial charge >= 0.3 is 0 Å². The molecule has 3 nitrogen and oxygen atoms in total. The molecule has 1 aromatic rings. The summed E-state index contributed by atoms with van der Waals surface area (Å²) in [5, 5.41) is 3.32. The third kappa shape index (κ3) is 2.84. The summed E-state index contributed by atoms with van der Waals surface area (Å²) in [7, 11) is 2.02. The fourth-order valence-corrected chi connectivity index (χ4v) is 1.51. The number of aryl methyl sites for hydroxylation is 1. The average Bonchev–Trinajstić information content (AvgIpc) is 2.51. The van der Waals surface area contributed by atoms with E-state index in [4.69, 9.17) is 0 Å². The summed E-state index contributed by atoms with van der Waals surface area (Å²) < 4.78 is 2.19. The monoisotopic (exact) mass is 181 g/mol. The molecule has 1 N–H and O–H groups in total. The van der Waals surface area contributed by atoms with Crippen molar-refractivity contribution in [2.75, 3.05) is 7.05 Å². The predicted octanol–water partition coefficient (Wildman–Crippen LogP) is 1.58. The topological polar surface area (TPSA) is 29.9 Å². The highest BCUT2D eigenvalue weighted by atomic mass is 15.1. The molecule has 0 saturated carbocycles. The molecule has 0 fully saturated rings. The Labute approximate surface area is 80.2 Å². The number of nitrogens with zero attached hydrogens (tertiary/aromatic N) is 2. The summed E-state index contributed by atoms with van der Waals surface area (Å²) in [6.45, 7) is 5.28. The Balaban J connectivity index is 2.51. The molecule has 1 unspecified atom stereocenters. The summed E-state index contributed by atoms with van der Waals surface area (Å²) in [4.78, 5) is 4.20. The molecule has 1 aromatic heterocycles. The number of nitrogens with one attached hydrogen (secondary N) is 1. The highest BCUT2D eigenvalue weighted by Gasteiger charge is 2.06. The Morgan fingerprint density at radius 2 is 2.38 bits per heavy atom. The minimum Gasteiger partial charge on any atom is -0.334 e. The average molecular weight is 181 g/mol. The Morgan fingerprint density at radius 1 is 1.62 bits per heavy atom. The quantitative estimate of drug-likeness (QED) is 0.747. The van der Waals surface area contributed by atoms with Crippen LogP contribution in [0.4, 0.5) is 0 Å². The molecule has 0 aromatic carbocycles. The van der Waals surface area contributed by atoms with Crippen molar-refractivity contribution in [3.05, 3.63) is 18.2 Å². The first-order chi connectivity index (χ1) is 6.27. The largest absolute Gasteiger partial charge is 0.334 e. The van der Waals surface area contributed by atoms with E-state index in [9.17, 15) is 0 Å². The van der Waals surface area contributed by atoms with Crippen LogP contribution in [0.15, 0.2) is 12.4 Å². The lowest BCUT2D eigenvalue weighted by Gasteiger charge is -2.16. The molecule has 0 radical (unpaired) electrons. The van der Waals surface area contributed by atoms with Crippen molar-refractivity contribution in [3.63, 3.8) is 0 Å². The van der Waals surface area contributed by atoms with Crippen LogP contribution in [0.2, 0.25) is 0 Å². The molecule has 1 atom stereocenters. The summed E-state index contributed by atoms with van der Waals surface area (Å²) in [6, 6.07) is 0.567. The molecule has 74 valence electrons. The van der Waals surface area contributed by atoms with E-state index in [0.29, 0.717) is 6.04 Å². The lowest BCUT2D eigenvalue weighted by Crippen LogP contribution is -2.30. The molecule has 0 bridgehead atoms. The van der Waals surface area contributed by atoms with E-state index in [1.165, 1.54) is 12.8 Å². The molecular weight excluding hydrogens is 162 g/mol. The van der Waals surface area contributed by atoms with Crippen LogP contribution in [0.3, 0.4) is 0 Å². The molecule has 0 aliphatic heterocycles. The van der Waals surface area contributed by atoms with E-state index in [0.717, 1.165) is 12.4 Å². The molecule has 1 rings (SSSR count). The Kier molecular flexibility index (Phi) is 3.96. The SMILES string of the molecule is CCCC(Cn1ccnc1C)NC. The highest BCUT2D eigenvalue weighted by Crippen LogP contribution is 2.02. The first-order valence-electron chi connectivity index (χ1n) is 4.93. The fourth-order valence-electron chi connectivity index (χ4n) is 1.51. The van der Waals surface area contributed by atoms with Crippen molar-refractivity contribution < 1.29 is 0 Å². The Hall–Kier alpha value is -0.830. The number of hydrogen-bond acceptors (Lipinski definition) is 2. The van der Waals surface area contributed by atoms with Gasteiger partial charge in [-0.3, -0.25) is 0 Å². The fraction of sp³-hybridized carbons (Fsp3) is 0.700. The van der Waals surface area contributed by atoms with Crippen molar-refractivity contribution in [1.29, 1.82) is 0 Å². The van der Waals surface area contributed by atoms with Crippen molar-refractivity contribution >= 4 is 0 Å². The van der Waals surface area contributed by atoms with Gasteiger partial charge in [0.2, 0.25) is 0 Å². The number of rotatable bonds is 5. The van der Waals surface area contributed by atoms with Gasteiger partial charge in [-0.05, 0) is 20.4 Å². The summed E-state index contributed by atoms with van der Waals surface area (Å²) in [6.07, 6.45) is 6.33. The van der Waals surface area contributed by atoms with Gasteiger partial charge in [-0.15, -0.1) is 0 Å². The van der Waals surface area contributed by atoms with E-state index < -0.39 is 0 Å². The van der Waals surface area contributed by atoms with Crippen LogP contribution < -0.4 is 5.32 Å². The zero-order valence-electron chi connectivity index (χ0n) is 8.75. The Morgan fingerprint density at radius 3 is 2.85 bits per heavy atom. The first kappa shape index (κ1) is 10.3. The second kappa shape index (κ2) is 5.02. The smallest absolute Gasteiger partial charge is 0.105 e. The van der Waals surface area contributed by atoms with E-state index in [2.05, 4.69) is 21.8 Å². The highest BCUT2D eigenvalue weighted by molar-refractivity contribution is 4.89. The molecule has 0 saturated heterocycles. The molecule has 0 spiro atoms. The van der Waals surface area contributed by atoms with Crippen molar-refractivity contribution in [2.24, 2.45) is 0 Å². The maximum absolute atomic E-state index is 4.20. The zero-order valence-corrected chi connectivity index (χ0v) is 8.75. The normalized spacial score (nSPS) is 13.2. The van der Waals surface area contributed by atoms with Gasteiger partial charge in [0.15, 0.2) is 0 Å². The number of aromatic nitrogens is 2. The lowest BCUT2D eigenvalue weighted by molar-refractivity contribution is 0.444. The van der Waals surface area contributed by atoms with Gasteiger partial charge in [0.1, 0.15) is 5.82 Å². The predicted molar refractivity (Wildman–Crippen MR) is 54.7 cm³/mol. The molecule has 0 aliphatic carbocycles. The zero-order chi connectivity index (χ0) is 9.68. The molecule has 0 amide bonds. The molecule has 0 aliphatic rings. The summed E-state index contributed by atoms with van der Waals surface area (Å²) in [5.41, 5.74) is 0. The Bertz CT molecular complexity index is 242. The second-order valence-corrected chi connectivity index (χ2v) is 3.40. The first-order valence-corrected chi connectivity index (χ1v) is 4.93. The summed E-state index contributed by atoms with van der Waals surface area (Å²) in [5.74, 6) is 1.09. The number of imidazole rings is 1. The van der Waals surface area contributed by atoms with Gasteiger partial charge in [0.25, 0.3) is 0 Å². The molecule has 1 heterocycles. The minimum absolute atomic E-state index is 0.567. The maximum Gasteiger partial charge on any atom is 0.105 e. The van der Waals surface area contributed by atoms with Gasteiger partial charge in [0.05, 0.1) is 0 Å². The van der Waals surface area contributed by atoms with Crippen molar-refractivity contribution in [3.8, 4) is 0 Å². The van der Waals surface area contributed by atoms with Gasteiger partial charge < -0.3 is 9.88 Å². The number of likely N-dealkylation sites (N-methyl/N-ethyl adjacent to an activating group) is 1. The van der Waals surface area contributed by atoms with Crippen molar-refractivity contribution in [2.45, 2.75) is 39.3 Å². The van der Waals surface area contributed by atoms with Crippen LogP contribution >= 0.6 is 0 Å². The summed E-state index contributed by atoms with van der Waals surface area (Å²) >= 11 is 0. The van der Waals surface area contributed by atoms with E-state index in [1.54, 1.807) is 0 Å². The third-order valence-electron chi connectivity index (χ3n) is 2.39. The van der Waals surface area contributed by atoms with Gasteiger partial charge in [-0.1, -0.05) is 13.3 Å². The van der Waals surface area contributed by atoms with Crippen molar-refractivity contribution in [1.82, 2.24) is 14.9 Å².